The van der Waals surface area contributed by atoms with Crippen molar-refractivity contribution in [1.29, 1.82) is 0 Å². The lowest BCUT2D eigenvalue weighted by Crippen LogP contribution is -2.36. The maximum Gasteiger partial charge on any atom is 0.264 e. The molecule has 3 aromatic carbocycles. The average Bonchev–Trinajstić information content (AvgIpc) is 2.79. The molecule has 1 N–H and O–H groups in total. The Morgan fingerprint density at radius 3 is 2.19 bits per heavy atom. The van der Waals surface area contributed by atoms with Crippen LogP contribution in [0.4, 0.5) is 5.69 Å². The zero-order chi connectivity index (χ0) is 22.4. The van der Waals surface area contributed by atoms with E-state index in [1.54, 1.807) is 54.6 Å². The van der Waals surface area contributed by atoms with E-state index < -0.39 is 10.0 Å². The third-order valence-electron chi connectivity index (χ3n) is 4.79. The van der Waals surface area contributed by atoms with Gasteiger partial charge in [0, 0.05) is 12.6 Å². The van der Waals surface area contributed by atoms with E-state index in [4.69, 9.17) is 4.74 Å². The van der Waals surface area contributed by atoms with Gasteiger partial charge >= 0.3 is 0 Å². The molecule has 162 valence electrons. The van der Waals surface area contributed by atoms with Gasteiger partial charge in [-0.2, -0.15) is 0 Å². The van der Waals surface area contributed by atoms with Gasteiger partial charge in [-0.3, -0.25) is 9.10 Å². The van der Waals surface area contributed by atoms with E-state index in [9.17, 15) is 13.2 Å². The molecule has 0 heterocycles. The van der Waals surface area contributed by atoms with Crippen LogP contribution in [0.5, 0.6) is 5.75 Å². The Hall–Kier alpha value is -3.32. The second-order valence-electron chi connectivity index (χ2n) is 7.33. The number of benzene rings is 3. The summed E-state index contributed by atoms with van der Waals surface area (Å²) in [5.41, 5.74) is 2.06. The van der Waals surface area contributed by atoms with Crippen molar-refractivity contribution >= 4 is 21.6 Å². The Kier molecular flexibility index (Phi) is 6.97. The quantitative estimate of drug-likeness (QED) is 0.576. The summed E-state index contributed by atoms with van der Waals surface area (Å²) in [6.07, 6.45) is 0. The van der Waals surface area contributed by atoms with Crippen molar-refractivity contribution in [3.63, 3.8) is 0 Å². The molecule has 0 radical (unpaired) electrons. The Labute approximate surface area is 183 Å². The third kappa shape index (κ3) is 5.64. The van der Waals surface area contributed by atoms with Crippen LogP contribution in [0.15, 0.2) is 83.8 Å². The normalized spacial score (nSPS) is 12.1. The molecule has 0 aliphatic rings. The van der Waals surface area contributed by atoms with Crippen molar-refractivity contribution in [2.24, 2.45) is 0 Å². The summed E-state index contributed by atoms with van der Waals surface area (Å²) in [5, 5.41) is 2.89. The summed E-state index contributed by atoms with van der Waals surface area (Å²) >= 11 is 0. The fourth-order valence-electron chi connectivity index (χ4n) is 2.92. The summed E-state index contributed by atoms with van der Waals surface area (Å²) in [5.74, 6) is 0.499. The Balaban J connectivity index is 1.60. The molecule has 0 aliphatic carbocycles. The highest BCUT2D eigenvalue weighted by Gasteiger charge is 2.21. The summed E-state index contributed by atoms with van der Waals surface area (Å²) in [4.78, 5) is 12.7. The molecule has 6 nitrogen and oxygen atoms in total. The van der Waals surface area contributed by atoms with Gasteiger partial charge in [-0.1, -0.05) is 35.9 Å². The number of hydrogen-bond donors (Lipinski definition) is 1. The van der Waals surface area contributed by atoms with Gasteiger partial charge in [-0.05, 0) is 62.4 Å². The van der Waals surface area contributed by atoms with Crippen LogP contribution in [0, 0.1) is 6.92 Å². The highest BCUT2D eigenvalue weighted by Crippen LogP contribution is 2.22. The standard InChI is InChI=1S/C24H26N2O4S/c1-18-9-15-22(16-10-18)30-17-19(2)25-24(27)20-11-13-21(14-12-20)26(3)31(28,29)23-7-5-4-6-8-23/h4-16,19H,17H2,1-3H3,(H,25,27)/t19-/m1/s1. The van der Waals surface area contributed by atoms with E-state index >= 15 is 0 Å². The van der Waals surface area contributed by atoms with Crippen LogP contribution in [0.25, 0.3) is 0 Å². The van der Waals surface area contributed by atoms with Crippen molar-refractivity contribution < 1.29 is 17.9 Å². The SMILES string of the molecule is Cc1ccc(OC[C@@H](C)NC(=O)c2ccc(N(C)S(=O)(=O)c3ccccc3)cc2)cc1. The maximum atomic E-state index is 12.7. The molecule has 0 saturated carbocycles. The predicted octanol–water partition coefficient (Wildman–Crippen LogP) is 4.02. The topological polar surface area (TPSA) is 75.7 Å². The molecule has 0 aliphatic heterocycles. The van der Waals surface area contributed by atoms with Crippen molar-refractivity contribution in [3.8, 4) is 5.75 Å². The molecule has 0 saturated heterocycles. The minimum atomic E-state index is -3.66. The number of carbonyl (C=O) groups is 1. The first-order valence-corrected chi connectivity index (χ1v) is 11.4. The lowest BCUT2D eigenvalue weighted by Gasteiger charge is -2.20. The van der Waals surface area contributed by atoms with Gasteiger partial charge in [0.2, 0.25) is 0 Å². The summed E-state index contributed by atoms with van der Waals surface area (Å²) in [7, 11) is -2.18. The molecule has 7 heteroatoms. The summed E-state index contributed by atoms with van der Waals surface area (Å²) < 4.78 is 32.4. The van der Waals surface area contributed by atoms with Crippen molar-refractivity contribution in [3.05, 3.63) is 90.0 Å². The molecule has 0 aromatic heterocycles. The minimum absolute atomic E-state index is 0.199. The Bertz CT molecular complexity index is 1110. The van der Waals surface area contributed by atoms with Gasteiger partial charge in [0.15, 0.2) is 0 Å². The molecular formula is C24H26N2O4S. The molecule has 1 amide bonds. The van der Waals surface area contributed by atoms with Crippen LogP contribution < -0.4 is 14.4 Å². The summed E-state index contributed by atoms with van der Waals surface area (Å²) in [6, 6.07) is 22.2. The molecule has 3 rings (SSSR count). The van der Waals surface area contributed by atoms with Crippen molar-refractivity contribution in [1.82, 2.24) is 5.32 Å². The van der Waals surface area contributed by atoms with Crippen LogP contribution in [0.2, 0.25) is 0 Å². The Morgan fingerprint density at radius 2 is 1.58 bits per heavy atom. The number of hydrogen-bond acceptors (Lipinski definition) is 4. The molecule has 0 bridgehead atoms. The number of nitrogens with zero attached hydrogens (tertiary/aromatic N) is 1. The fraction of sp³-hybridized carbons (Fsp3) is 0.208. The third-order valence-corrected chi connectivity index (χ3v) is 6.59. The molecule has 1 atom stereocenters. The van der Waals surface area contributed by atoms with E-state index in [-0.39, 0.29) is 16.8 Å². The van der Waals surface area contributed by atoms with Crippen LogP contribution in [-0.4, -0.2) is 34.0 Å². The monoisotopic (exact) mass is 438 g/mol. The molecule has 31 heavy (non-hydrogen) atoms. The largest absolute Gasteiger partial charge is 0.491 e. The van der Waals surface area contributed by atoms with Gasteiger partial charge in [-0.25, -0.2) is 8.42 Å². The van der Waals surface area contributed by atoms with Crippen LogP contribution in [0.1, 0.15) is 22.8 Å². The highest BCUT2D eigenvalue weighted by atomic mass is 32.2. The average molecular weight is 439 g/mol. The minimum Gasteiger partial charge on any atom is -0.491 e. The van der Waals surface area contributed by atoms with Gasteiger partial charge in [0.25, 0.3) is 15.9 Å². The number of amides is 1. The van der Waals surface area contributed by atoms with Crippen LogP contribution in [0.3, 0.4) is 0 Å². The first-order chi connectivity index (χ1) is 14.8. The van der Waals surface area contributed by atoms with E-state index in [0.717, 1.165) is 11.3 Å². The molecule has 0 spiro atoms. The van der Waals surface area contributed by atoms with Crippen LogP contribution >= 0.6 is 0 Å². The first kappa shape index (κ1) is 22.4. The zero-order valence-corrected chi connectivity index (χ0v) is 18.6. The lowest BCUT2D eigenvalue weighted by atomic mass is 10.2. The smallest absolute Gasteiger partial charge is 0.264 e. The number of aryl methyl sites for hydroxylation is 1. The number of sulfonamides is 1. The van der Waals surface area contributed by atoms with Gasteiger partial charge < -0.3 is 10.1 Å². The molecule has 3 aromatic rings. The van der Waals surface area contributed by atoms with E-state index in [1.165, 1.54) is 11.4 Å². The number of carbonyl (C=O) groups excluding carboxylic acids is 1. The van der Waals surface area contributed by atoms with Gasteiger partial charge in [0.1, 0.15) is 12.4 Å². The Morgan fingerprint density at radius 1 is 0.968 bits per heavy atom. The number of ether oxygens (including phenoxy) is 1. The van der Waals surface area contributed by atoms with E-state index in [1.807, 2.05) is 38.1 Å². The van der Waals surface area contributed by atoms with E-state index in [0.29, 0.717) is 17.9 Å². The second-order valence-corrected chi connectivity index (χ2v) is 9.30. The predicted molar refractivity (Wildman–Crippen MR) is 122 cm³/mol. The van der Waals surface area contributed by atoms with Crippen molar-refractivity contribution in [2.45, 2.75) is 24.8 Å². The molecule has 0 unspecified atom stereocenters. The highest BCUT2D eigenvalue weighted by molar-refractivity contribution is 7.92. The number of rotatable bonds is 8. The number of anilines is 1. The second kappa shape index (κ2) is 9.66. The van der Waals surface area contributed by atoms with Gasteiger partial charge in [-0.15, -0.1) is 0 Å². The van der Waals surface area contributed by atoms with E-state index in [2.05, 4.69) is 5.32 Å². The maximum absolute atomic E-state index is 12.7. The zero-order valence-electron chi connectivity index (χ0n) is 17.8. The van der Waals surface area contributed by atoms with Crippen molar-refractivity contribution in [2.75, 3.05) is 18.0 Å². The summed E-state index contributed by atoms with van der Waals surface area (Å²) in [6.45, 7) is 4.21. The van der Waals surface area contributed by atoms with Crippen LogP contribution in [-0.2, 0) is 10.0 Å². The lowest BCUT2D eigenvalue weighted by molar-refractivity contribution is 0.0926. The fourth-order valence-corrected chi connectivity index (χ4v) is 4.13. The van der Waals surface area contributed by atoms with Gasteiger partial charge in [0.05, 0.1) is 16.6 Å². The molecular weight excluding hydrogens is 412 g/mol. The molecule has 0 fully saturated rings. The first-order valence-electron chi connectivity index (χ1n) is 9.92. The number of nitrogens with one attached hydrogen (secondary N) is 1.